The van der Waals surface area contributed by atoms with E-state index in [0.717, 1.165) is 29.0 Å². The van der Waals surface area contributed by atoms with Gasteiger partial charge in [-0.15, -0.1) is 0 Å². The number of amides is 2. The van der Waals surface area contributed by atoms with Crippen molar-refractivity contribution in [2.45, 2.75) is 64.3 Å². The van der Waals surface area contributed by atoms with Gasteiger partial charge < -0.3 is 26.0 Å². The van der Waals surface area contributed by atoms with Crippen molar-refractivity contribution >= 4 is 33.5 Å². The second kappa shape index (κ2) is 13.9. The molecule has 40 heavy (non-hydrogen) atoms. The lowest BCUT2D eigenvalue weighted by molar-refractivity contribution is -0.139. The Hall–Kier alpha value is -3.22. The van der Waals surface area contributed by atoms with E-state index in [1.165, 1.54) is 13.1 Å². The van der Waals surface area contributed by atoms with Crippen LogP contribution in [0, 0.1) is 0 Å². The molecule has 3 rings (SSSR count). The van der Waals surface area contributed by atoms with Crippen LogP contribution < -0.4 is 20.3 Å². The Morgan fingerprint density at radius 1 is 1.25 bits per heavy atom. The van der Waals surface area contributed by atoms with Gasteiger partial charge in [0, 0.05) is 38.3 Å². The number of sulfonamides is 1. The zero-order valence-corrected chi connectivity index (χ0v) is 24.7. The minimum Gasteiger partial charge on any atom is -0.389 e. The highest BCUT2D eigenvalue weighted by Gasteiger charge is 2.38. The average molecular weight is 575 g/mol. The summed E-state index contributed by atoms with van der Waals surface area (Å²) in [5.41, 5.74) is 1.05. The number of piperazine rings is 1. The lowest BCUT2D eigenvalue weighted by Gasteiger charge is -2.38. The zero-order chi connectivity index (χ0) is 29.4. The third kappa shape index (κ3) is 8.15. The first kappa shape index (κ1) is 31.3. The van der Waals surface area contributed by atoms with Crippen molar-refractivity contribution in [3.63, 3.8) is 0 Å². The van der Waals surface area contributed by atoms with E-state index < -0.39 is 34.1 Å². The Kier molecular flexibility index (Phi) is 10.9. The molecule has 2 aromatic rings. The third-order valence-corrected chi connectivity index (χ3v) is 8.27. The first-order valence-corrected chi connectivity index (χ1v) is 15.6. The molecule has 4 N–H and O–H groups in total. The predicted octanol–water partition coefficient (Wildman–Crippen LogP) is 1.60. The van der Waals surface area contributed by atoms with Gasteiger partial charge in [-0.05, 0) is 43.9 Å². The number of nitrogens with zero attached hydrogens (tertiary/aromatic N) is 3. The molecule has 0 radical (unpaired) electrons. The van der Waals surface area contributed by atoms with E-state index in [9.17, 15) is 23.1 Å². The van der Waals surface area contributed by atoms with E-state index in [1.54, 1.807) is 11.0 Å². The molecule has 1 aromatic heterocycles. The summed E-state index contributed by atoms with van der Waals surface area (Å²) < 4.78 is 25.5. The highest BCUT2D eigenvalue weighted by molar-refractivity contribution is 7.92. The van der Waals surface area contributed by atoms with Gasteiger partial charge in [-0.25, -0.2) is 13.4 Å². The maximum Gasteiger partial charge on any atom is 0.251 e. The first-order chi connectivity index (χ1) is 18.9. The number of aliphatic hydroxyl groups is 1. The Morgan fingerprint density at radius 2 is 1.95 bits per heavy atom. The van der Waals surface area contributed by atoms with E-state index in [4.69, 9.17) is 0 Å². The van der Waals surface area contributed by atoms with Crippen LogP contribution in [0.2, 0.25) is 0 Å². The number of benzene rings is 1. The molecule has 1 saturated heterocycles. The maximum atomic E-state index is 13.7. The third-order valence-electron chi connectivity index (χ3n) is 7.09. The van der Waals surface area contributed by atoms with Crippen LogP contribution in [0.15, 0.2) is 42.5 Å². The average Bonchev–Trinajstić information content (AvgIpc) is 2.93. The molecule has 0 aliphatic carbocycles. The SMILES string of the molecule is CCCN1CCNC([C@@H](O)[C@H](Cc2ccccc2)NC(=O)c2cc(NC(C)CC)nc(N(C)S(C)(=O)=O)c2)C1=O. The van der Waals surface area contributed by atoms with Crippen molar-refractivity contribution < 1.29 is 23.1 Å². The van der Waals surface area contributed by atoms with Gasteiger partial charge in [0.15, 0.2) is 0 Å². The smallest absolute Gasteiger partial charge is 0.251 e. The van der Waals surface area contributed by atoms with Gasteiger partial charge in [0.25, 0.3) is 5.91 Å². The fourth-order valence-electron chi connectivity index (χ4n) is 4.52. The summed E-state index contributed by atoms with van der Waals surface area (Å²) in [6, 6.07) is 10.7. The molecule has 0 bridgehead atoms. The van der Waals surface area contributed by atoms with Crippen LogP contribution in [0.25, 0.3) is 0 Å². The minimum absolute atomic E-state index is 0.0318. The van der Waals surface area contributed by atoms with E-state index in [-0.39, 0.29) is 29.8 Å². The number of aromatic nitrogens is 1. The van der Waals surface area contributed by atoms with Crippen LogP contribution in [0.5, 0.6) is 0 Å². The molecule has 1 aromatic carbocycles. The quantitative estimate of drug-likeness (QED) is 0.283. The molecule has 12 heteroatoms. The molecule has 220 valence electrons. The second-order valence-corrected chi connectivity index (χ2v) is 12.3. The van der Waals surface area contributed by atoms with Gasteiger partial charge in [0.05, 0.1) is 18.4 Å². The minimum atomic E-state index is -3.64. The van der Waals surface area contributed by atoms with Crippen molar-refractivity contribution in [1.29, 1.82) is 0 Å². The zero-order valence-electron chi connectivity index (χ0n) is 23.9. The van der Waals surface area contributed by atoms with Crippen molar-refractivity contribution in [3.8, 4) is 0 Å². The van der Waals surface area contributed by atoms with Gasteiger partial charge >= 0.3 is 0 Å². The van der Waals surface area contributed by atoms with Crippen LogP contribution in [-0.2, 0) is 21.2 Å². The maximum absolute atomic E-state index is 13.7. The molecule has 2 unspecified atom stereocenters. The largest absolute Gasteiger partial charge is 0.389 e. The number of pyridine rings is 1. The normalized spacial score (nSPS) is 18.1. The Balaban J connectivity index is 1.95. The molecule has 2 heterocycles. The van der Waals surface area contributed by atoms with Crippen LogP contribution in [0.3, 0.4) is 0 Å². The van der Waals surface area contributed by atoms with Gasteiger partial charge in [-0.1, -0.05) is 44.2 Å². The standard InChI is InChI=1S/C28H42N6O5S/c1-6-14-34-15-13-29-25(28(34)37)26(35)22(16-20-11-9-8-10-12-20)31-27(36)21-17-23(30-19(3)7-2)32-24(18-21)33(4)40(5,38)39/h8-12,17-19,22,25-26,29,35H,6-7,13-16H2,1-5H3,(H,30,32)(H,31,36)/t19?,22-,25?,26-/m0/s1. The summed E-state index contributed by atoms with van der Waals surface area (Å²) in [7, 11) is -2.26. The van der Waals surface area contributed by atoms with Gasteiger partial charge in [0.2, 0.25) is 15.9 Å². The molecule has 1 aliphatic heterocycles. The number of aliphatic hydroxyl groups excluding tert-OH is 1. The Morgan fingerprint density at radius 3 is 2.58 bits per heavy atom. The number of hydrogen-bond donors (Lipinski definition) is 4. The molecule has 0 spiro atoms. The molecule has 0 saturated carbocycles. The Bertz CT molecular complexity index is 1260. The first-order valence-electron chi connectivity index (χ1n) is 13.7. The molecule has 2 amide bonds. The Labute approximate surface area is 237 Å². The summed E-state index contributed by atoms with van der Waals surface area (Å²) in [5, 5.41) is 20.7. The molecule has 4 atom stereocenters. The summed E-state index contributed by atoms with van der Waals surface area (Å²) in [4.78, 5) is 33.0. The van der Waals surface area contributed by atoms with Crippen molar-refractivity contribution in [3.05, 3.63) is 53.6 Å². The van der Waals surface area contributed by atoms with Gasteiger partial charge in [-0.3, -0.25) is 13.9 Å². The lowest BCUT2D eigenvalue weighted by Crippen LogP contribution is -2.64. The fourth-order valence-corrected chi connectivity index (χ4v) is 4.96. The molecule has 1 aliphatic rings. The van der Waals surface area contributed by atoms with E-state index in [0.29, 0.717) is 25.5 Å². The second-order valence-electron chi connectivity index (χ2n) is 10.3. The highest BCUT2D eigenvalue weighted by Crippen LogP contribution is 2.21. The number of anilines is 2. The monoisotopic (exact) mass is 574 g/mol. The molecule has 1 fully saturated rings. The fraction of sp³-hybridized carbons (Fsp3) is 0.536. The van der Waals surface area contributed by atoms with Crippen LogP contribution >= 0.6 is 0 Å². The molecule has 11 nitrogen and oxygen atoms in total. The van der Waals surface area contributed by atoms with E-state index in [1.807, 2.05) is 51.1 Å². The van der Waals surface area contributed by atoms with Gasteiger partial charge in [-0.2, -0.15) is 0 Å². The number of rotatable bonds is 13. The van der Waals surface area contributed by atoms with E-state index >= 15 is 0 Å². The number of hydrogen-bond acceptors (Lipinski definition) is 8. The molecular weight excluding hydrogens is 532 g/mol. The summed E-state index contributed by atoms with van der Waals surface area (Å²) in [5.74, 6) is -0.284. The van der Waals surface area contributed by atoms with Crippen molar-refractivity contribution in [2.24, 2.45) is 0 Å². The summed E-state index contributed by atoms with van der Waals surface area (Å²) in [6.45, 7) is 7.64. The van der Waals surface area contributed by atoms with Crippen molar-refractivity contribution in [1.82, 2.24) is 20.5 Å². The van der Waals surface area contributed by atoms with Crippen LogP contribution in [0.4, 0.5) is 11.6 Å². The number of nitrogens with one attached hydrogen (secondary N) is 3. The predicted molar refractivity (Wildman–Crippen MR) is 157 cm³/mol. The summed E-state index contributed by atoms with van der Waals surface area (Å²) >= 11 is 0. The number of carbonyl (C=O) groups excluding carboxylic acids is 2. The highest BCUT2D eigenvalue weighted by atomic mass is 32.2. The van der Waals surface area contributed by atoms with Crippen molar-refractivity contribution in [2.75, 3.05) is 42.6 Å². The summed E-state index contributed by atoms with van der Waals surface area (Å²) in [6.07, 6.45) is 1.72. The van der Waals surface area contributed by atoms with Crippen LogP contribution in [0.1, 0.15) is 49.5 Å². The number of carbonyl (C=O) groups is 2. The van der Waals surface area contributed by atoms with Gasteiger partial charge in [0.1, 0.15) is 17.7 Å². The van der Waals surface area contributed by atoms with Crippen LogP contribution in [-0.4, -0.2) is 92.4 Å². The lowest BCUT2D eigenvalue weighted by atomic mass is 9.94. The van der Waals surface area contributed by atoms with E-state index in [2.05, 4.69) is 20.9 Å². The molecular formula is C28H42N6O5S. The topological polar surface area (TPSA) is 144 Å².